The standard InChI is InChI=1S/C16H15FN2/c1-19(12-15-6-3-7-16(17)9-15)11-14-5-2-4-13(8-14)10-18/h2-9H,11-12H2,1H3. The van der Waals surface area contributed by atoms with Gasteiger partial charge in [0.15, 0.2) is 0 Å². The molecule has 0 N–H and O–H groups in total. The molecule has 3 heteroatoms. The van der Waals surface area contributed by atoms with E-state index in [0.29, 0.717) is 12.1 Å². The first-order chi connectivity index (χ1) is 9.17. The number of nitrogens with zero attached hydrogens (tertiary/aromatic N) is 2. The predicted molar refractivity (Wildman–Crippen MR) is 72.7 cm³/mol. The maximum Gasteiger partial charge on any atom is 0.123 e. The van der Waals surface area contributed by atoms with Gasteiger partial charge in [0.2, 0.25) is 0 Å². The maximum absolute atomic E-state index is 13.1. The van der Waals surface area contributed by atoms with Crippen LogP contribution >= 0.6 is 0 Å². The predicted octanol–water partition coefficient (Wildman–Crippen LogP) is 3.33. The Labute approximate surface area is 112 Å². The van der Waals surface area contributed by atoms with Gasteiger partial charge in [-0.2, -0.15) is 5.26 Å². The molecule has 0 fully saturated rings. The van der Waals surface area contributed by atoms with E-state index in [4.69, 9.17) is 5.26 Å². The number of nitriles is 1. The fourth-order valence-corrected chi connectivity index (χ4v) is 2.05. The summed E-state index contributed by atoms with van der Waals surface area (Å²) in [4.78, 5) is 2.09. The second-order valence-electron chi connectivity index (χ2n) is 4.61. The van der Waals surface area contributed by atoms with Crippen molar-refractivity contribution in [2.75, 3.05) is 7.05 Å². The Bertz CT molecular complexity index is 602. The quantitative estimate of drug-likeness (QED) is 0.836. The van der Waals surface area contributed by atoms with E-state index in [1.807, 2.05) is 31.3 Å². The second-order valence-corrected chi connectivity index (χ2v) is 4.61. The molecule has 0 saturated heterocycles. The smallest absolute Gasteiger partial charge is 0.123 e. The van der Waals surface area contributed by atoms with Gasteiger partial charge < -0.3 is 0 Å². The monoisotopic (exact) mass is 254 g/mol. The van der Waals surface area contributed by atoms with Gasteiger partial charge in [-0.25, -0.2) is 4.39 Å². The van der Waals surface area contributed by atoms with Crippen molar-refractivity contribution in [3.05, 3.63) is 71.0 Å². The van der Waals surface area contributed by atoms with E-state index in [9.17, 15) is 4.39 Å². The number of hydrogen-bond donors (Lipinski definition) is 0. The Kier molecular flexibility index (Phi) is 4.27. The summed E-state index contributed by atoms with van der Waals surface area (Å²) in [6, 6.07) is 16.3. The van der Waals surface area contributed by atoms with Crippen LogP contribution in [0.4, 0.5) is 4.39 Å². The fourth-order valence-electron chi connectivity index (χ4n) is 2.05. The summed E-state index contributed by atoms with van der Waals surface area (Å²) in [6.07, 6.45) is 0. The third-order valence-electron chi connectivity index (χ3n) is 2.85. The van der Waals surface area contributed by atoms with Crippen LogP contribution in [0.25, 0.3) is 0 Å². The van der Waals surface area contributed by atoms with Crippen molar-refractivity contribution in [3.63, 3.8) is 0 Å². The highest BCUT2D eigenvalue weighted by Gasteiger charge is 2.03. The molecule has 2 rings (SSSR count). The fraction of sp³-hybridized carbons (Fsp3) is 0.188. The first-order valence-electron chi connectivity index (χ1n) is 6.09. The van der Waals surface area contributed by atoms with Crippen LogP contribution in [0.5, 0.6) is 0 Å². The van der Waals surface area contributed by atoms with Crippen LogP contribution in [0.15, 0.2) is 48.5 Å². The van der Waals surface area contributed by atoms with Gasteiger partial charge in [-0.3, -0.25) is 4.90 Å². The first-order valence-corrected chi connectivity index (χ1v) is 6.09. The summed E-state index contributed by atoms with van der Waals surface area (Å²) >= 11 is 0. The van der Waals surface area contributed by atoms with Crippen LogP contribution in [-0.2, 0) is 13.1 Å². The summed E-state index contributed by atoms with van der Waals surface area (Å²) in [6.45, 7) is 1.40. The third-order valence-corrected chi connectivity index (χ3v) is 2.85. The molecule has 0 aliphatic rings. The Morgan fingerprint density at radius 3 is 2.32 bits per heavy atom. The molecule has 0 heterocycles. The molecule has 0 bridgehead atoms. The molecule has 2 aromatic carbocycles. The molecule has 0 amide bonds. The van der Waals surface area contributed by atoms with Crippen molar-refractivity contribution in [1.82, 2.24) is 4.90 Å². The lowest BCUT2D eigenvalue weighted by atomic mass is 10.1. The van der Waals surface area contributed by atoms with Gasteiger partial charge in [0, 0.05) is 13.1 Å². The zero-order valence-electron chi connectivity index (χ0n) is 10.8. The number of benzene rings is 2. The van der Waals surface area contributed by atoms with E-state index < -0.39 is 0 Å². The maximum atomic E-state index is 13.1. The van der Waals surface area contributed by atoms with Gasteiger partial charge >= 0.3 is 0 Å². The van der Waals surface area contributed by atoms with Crippen molar-refractivity contribution in [2.24, 2.45) is 0 Å². The molecular weight excluding hydrogens is 239 g/mol. The summed E-state index contributed by atoms with van der Waals surface area (Å²) in [5.41, 5.74) is 2.69. The van der Waals surface area contributed by atoms with Crippen molar-refractivity contribution >= 4 is 0 Å². The summed E-state index contributed by atoms with van der Waals surface area (Å²) < 4.78 is 13.1. The lowest BCUT2D eigenvalue weighted by molar-refractivity contribution is 0.318. The van der Waals surface area contributed by atoms with Crippen LogP contribution in [-0.4, -0.2) is 11.9 Å². The van der Waals surface area contributed by atoms with Crippen molar-refractivity contribution < 1.29 is 4.39 Å². The van der Waals surface area contributed by atoms with Gasteiger partial charge in [-0.15, -0.1) is 0 Å². The molecule has 0 atom stereocenters. The van der Waals surface area contributed by atoms with E-state index in [-0.39, 0.29) is 5.82 Å². The topological polar surface area (TPSA) is 27.0 Å². The lowest BCUT2D eigenvalue weighted by Gasteiger charge is -2.17. The molecule has 2 nitrogen and oxygen atoms in total. The normalized spacial score (nSPS) is 10.4. The molecular formula is C16H15FN2. The average molecular weight is 254 g/mol. The van der Waals surface area contributed by atoms with Gasteiger partial charge in [0.05, 0.1) is 11.6 Å². The highest BCUT2D eigenvalue weighted by molar-refractivity contribution is 5.32. The Balaban J connectivity index is 2.01. The molecule has 96 valence electrons. The third kappa shape index (κ3) is 3.90. The molecule has 0 aliphatic carbocycles. The Morgan fingerprint density at radius 1 is 1.05 bits per heavy atom. The van der Waals surface area contributed by atoms with Crippen LogP contribution in [0.1, 0.15) is 16.7 Å². The number of hydrogen-bond acceptors (Lipinski definition) is 2. The lowest BCUT2D eigenvalue weighted by Crippen LogP contribution is -2.17. The largest absolute Gasteiger partial charge is 0.298 e. The van der Waals surface area contributed by atoms with Gasteiger partial charge in [0.1, 0.15) is 5.82 Å². The van der Waals surface area contributed by atoms with E-state index in [0.717, 1.165) is 17.7 Å². The van der Waals surface area contributed by atoms with Crippen molar-refractivity contribution in [3.8, 4) is 6.07 Å². The molecule has 2 aromatic rings. The number of rotatable bonds is 4. The molecule has 0 aromatic heterocycles. The Hall–Kier alpha value is -2.18. The first kappa shape index (κ1) is 13.3. The summed E-state index contributed by atoms with van der Waals surface area (Å²) in [5.74, 6) is -0.211. The van der Waals surface area contributed by atoms with E-state index in [1.165, 1.54) is 6.07 Å². The SMILES string of the molecule is CN(Cc1cccc(F)c1)Cc1cccc(C#N)c1. The minimum absolute atomic E-state index is 0.211. The van der Waals surface area contributed by atoms with Crippen LogP contribution < -0.4 is 0 Å². The minimum atomic E-state index is -0.211. The molecule has 0 aliphatic heterocycles. The van der Waals surface area contributed by atoms with E-state index in [2.05, 4.69) is 11.0 Å². The highest BCUT2D eigenvalue weighted by Crippen LogP contribution is 2.10. The van der Waals surface area contributed by atoms with Gasteiger partial charge in [0.25, 0.3) is 0 Å². The molecule has 0 radical (unpaired) electrons. The second kappa shape index (κ2) is 6.12. The molecule has 0 unspecified atom stereocenters. The number of halogens is 1. The molecule has 0 saturated carbocycles. The Morgan fingerprint density at radius 2 is 1.68 bits per heavy atom. The zero-order valence-corrected chi connectivity index (χ0v) is 10.8. The molecule has 0 spiro atoms. The highest BCUT2D eigenvalue weighted by atomic mass is 19.1. The van der Waals surface area contributed by atoms with Crippen LogP contribution in [0, 0.1) is 17.1 Å². The minimum Gasteiger partial charge on any atom is -0.298 e. The zero-order chi connectivity index (χ0) is 13.7. The van der Waals surface area contributed by atoms with Crippen molar-refractivity contribution in [2.45, 2.75) is 13.1 Å². The summed E-state index contributed by atoms with van der Waals surface area (Å²) in [5, 5.41) is 8.86. The van der Waals surface area contributed by atoms with Gasteiger partial charge in [-0.1, -0.05) is 24.3 Å². The van der Waals surface area contributed by atoms with Crippen molar-refractivity contribution in [1.29, 1.82) is 5.26 Å². The van der Waals surface area contributed by atoms with Crippen LogP contribution in [0.3, 0.4) is 0 Å². The van der Waals surface area contributed by atoms with E-state index in [1.54, 1.807) is 18.2 Å². The van der Waals surface area contributed by atoms with E-state index >= 15 is 0 Å². The van der Waals surface area contributed by atoms with Crippen LogP contribution in [0.2, 0.25) is 0 Å². The average Bonchev–Trinajstić information content (AvgIpc) is 2.38. The van der Waals surface area contributed by atoms with Gasteiger partial charge in [-0.05, 0) is 42.4 Å². The summed E-state index contributed by atoms with van der Waals surface area (Å²) in [7, 11) is 1.98. The molecule has 19 heavy (non-hydrogen) atoms.